The third-order valence-corrected chi connectivity index (χ3v) is 3.64. The molecule has 2 rings (SSSR count). The molecule has 98 valence electrons. The van der Waals surface area contributed by atoms with Crippen LogP contribution in [0, 0.1) is 5.92 Å². The maximum Gasteiger partial charge on any atom is 0.256 e. The molecule has 2 N–H and O–H groups in total. The minimum Gasteiger partial charge on any atom is -0.497 e. The number of rotatable bonds is 3. The Bertz CT molecular complexity index is 445. The van der Waals surface area contributed by atoms with E-state index in [4.69, 9.17) is 10.5 Å². The average molecular weight is 248 g/mol. The Kier molecular flexibility index (Phi) is 3.75. The van der Waals surface area contributed by atoms with E-state index in [1.807, 2.05) is 4.90 Å². The minimum atomic E-state index is 0.0161. The molecular formula is C14H20N2O2. The Hall–Kier alpha value is -1.71. The number of methoxy groups -OCH3 is 1. The van der Waals surface area contributed by atoms with E-state index in [0.29, 0.717) is 22.9 Å². The van der Waals surface area contributed by atoms with Crippen LogP contribution in [0.2, 0.25) is 0 Å². The van der Waals surface area contributed by atoms with Gasteiger partial charge < -0.3 is 15.4 Å². The standard InChI is InChI=1S/C14H20N2O2/c1-3-10-6-7-16(9-10)14(17)12-8-11(18-2)4-5-13(12)15/h4-5,8,10H,3,6-7,9,15H2,1-2H3. The van der Waals surface area contributed by atoms with Crippen LogP contribution in [-0.4, -0.2) is 31.0 Å². The molecule has 0 aliphatic carbocycles. The van der Waals surface area contributed by atoms with Crippen LogP contribution in [0.4, 0.5) is 5.69 Å². The van der Waals surface area contributed by atoms with E-state index in [0.717, 1.165) is 25.9 Å². The smallest absolute Gasteiger partial charge is 0.256 e. The highest BCUT2D eigenvalue weighted by Gasteiger charge is 2.26. The number of nitrogens with two attached hydrogens (primary N) is 1. The molecule has 1 aromatic rings. The summed E-state index contributed by atoms with van der Waals surface area (Å²) in [5.74, 6) is 1.31. The van der Waals surface area contributed by atoms with Crippen molar-refractivity contribution in [3.8, 4) is 5.75 Å². The van der Waals surface area contributed by atoms with Crippen molar-refractivity contribution in [2.45, 2.75) is 19.8 Å². The number of ether oxygens (including phenoxy) is 1. The molecule has 1 unspecified atom stereocenters. The number of carbonyl (C=O) groups is 1. The number of amides is 1. The number of nitrogen functional groups attached to an aromatic ring is 1. The summed E-state index contributed by atoms with van der Waals surface area (Å²) in [6.45, 7) is 3.83. The normalized spacial score (nSPS) is 19.0. The zero-order chi connectivity index (χ0) is 13.1. The summed E-state index contributed by atoms with van der Waals surface area (Å²) in [6.07, 6.45) is 2.21. The molecule has 1 aliphatic heterocycles. The highest BCUT2D eigenvalue weighted by Crippen LogP contribution is 2.25. The van der Waals surface area contributed by atoms with E-state index < -0.39 is 0 Å². The zero-order valence-electron chi connectivity index (χ0n) is 11.0. The molecule has 0 bridgehead atoms. The second kappa shape index (κ2) is 5.29. The van der Waals surface area contributed by atoms with Crippen molar-refractivity contribution >= 4 is 11.6 Å². The zero-order valence-corrected chi connectivity index (χ0v) is 11.0. The Morgan fingerprint density at radius 2 is 2.33 bits per heavy atom. The van der Waals surface area contributed by atoms with Gasteiger partial charge in [0.15, 0.2) is 0 Å². The summed E-state index contributed by atoms with van der Waals surface area (Å²) in [5.41, 5.74) is 6.94. The summed E-state index contributed by atoms with van der Waals surface area (Å²) in [4.78, 5) is 14.3. The van der Waals surface area contributed by atoms with Gasteiger partial charge in [0.2, 0.25) is 0 Å². The number of hydrogen-bond donors (Lipinski definition) is 1. The molecule has 1 fully saturated rings. The summed E-state index contributed by atoms with van der Waals surface area (Å²) in [6, 6.07) is 5.21. The Balaban J connectivity index is 2.18. The van der Waals surface area contributed by atoms with Gasteiger partial charge in [0.1, 0.15) is 5.75 Å². The van der Waals surface area contributed by atoms with Crippen LogP contribution in [0.25, 0.3) is 0 Å². The third kappa shape index (κ3) is 2.42. The number of likely N-dealkylation sites (tertiary alicyclic amines) is 1. The van der Waals surface area contributed by atoms with E-state index in [-0.39, 0.29) is 5.91 Å². The van der Waals surface area contributed by atoms with Gasteiger partial charge in [-0.2, -0.15) is 0 Å². The first kappa shape index (κ1) is 12.7. The average Bonchev–Trinajstić information content (AvgIpc) is 2.87. The van der Waals surface area contributed by atoms with Gasteiger partial charge >= 0.3 is 0 Å². The molecule has 1 aromatic carbocycles. The van der Waals surface area contributed by atoms with E-state index in [2.05, 4.69) is 6.92 Å². The van der Waals surface area contributed by atoms with Crippen LogP contribution in [0.3, 0.4) is 0 Å². The maximum atomic E-state index is 12.4. The number of benzene rings is 1. The Morgan fingerprint density at radius 1 is 1.56 bits per heavy atom. The largest absolute Gasteiger partial charge is 0.497 e. The molecule has 0 aromatic heterocycles. The van der Waals surface area contributed by atoms with Crippen molar-refractivity contribution < 1.29 is 9.53 Å². The molecule has 0 saturated carbocycles. The lowest BCUT2D eigenvalue weighted by atomic mass is 10.1. The van der Waals surface area contributed by atoms with Gasteiger partial charge in [0.25, 0.3) is 5.91 Å². The lowest BCUT2D eigenvalue weighted by Gasteiger charge is -2.18. The predicted molar refractivity (Wildman–Crippen MR) is 71.7 cm³/mol. The van der Waals surface area contributed by atoms with Gasteiger partial charge in [0.05, 0.1) is 12.7 Å². The molecule has 18 heavy (non-hydrogen) atoms. The van der Waals surface area contributed by atoms with E-state index in [1.54, 1.807) is 25.3 Å². The molecule has 4 nitrogen and oxygen atoms in total. The highest BCUT2D eigenvalue weighted by atomic mass is 16.5. The fourth-order valence-electron chi connectivity index (χ4n) is 2.37. The Labute approximate surface area is 108 Å². The topological polar surface area (TPSA) is 55.6 Å². The first-order valence-corrected chi connectivity index (χ1v) is 6.38. The second-order valence-electron chi connectivity index (χ2n) is 4.77. The molecule has 1 saturated heterocycles. The first-order chi connectivity index (χ1) is 8.65. The summed E-state index contributed by atoms with van der Waals surface area (Å²) in [5, 5.41) is 0. The van der Waals surface area contributed by atoms with Crippen LogP contribution in [-0.2, 0) is 0 Å². The number of hydrogen-bond acceptors (Lipinski definition) is 3. The fraction of sp³-hybridized carbons (Fsp3) is 0.500. The molecule has 0 spiro atoms. The van der Waals surface area contributed by atoms with Gasteiger partial charge in [-0.25, -0.2) is 0 Å². The number of carbonyl (C=O) groups excluding carboxylic acids is 1. The van der Waals surface area contributed by atoms with Gasteiger partial charge in [-0.3, -0.25) is 4.79 Å². The van der Waals surface area contributed by atoms with E-state index in [9.17, 15) is 4.79 Å². The van der Waals surface area contributed by atoms with Gasteiger partial charge in [-0.1, -0.05) is 13.3 Å². The lowest BCUT2D eigenvalue weighted by Crippen LogP contribution is -2.29. The molecule has 1 atom stereocenters. The lowest BCUT2D eigenvalue weighted by molar-refractivity contribution is 0.0787. The summed E-state index contributed by atoms with van der Waals surface area (Å²) >= 11 is 0. The van der Waals surface area contributed by atoms with Crippen molar-refractivity contribution in [3.05, 3.63) is 23.8 Å². The van der Waals surface area contributed by atoms with Crippen LogP contribution in [0.15, 0.2) is 18.2 Å². The van der Waals surface area contributed by atoms with Gasteiger partial charge in [-0.15, -0.1) is 0 Å². The van der Waals surface area contributed by atoms with Gasteiger partial charge in [-0.05, 0) is 30.5 Å². The predicted octanol–water partition coefficient (Wildman–Crippen LogP) is 2.15. The van der Waals surface area contributed by atoms with Crippen molar-refractivity contribution in [1.82, 2.24) is 4.90 Å². The monoisotopic (exact) mass is 248 g/mol. The van der Waals surface area contributed by atoms with Crippen LogP contribution >= 0.6 is 0 Å². The molecule has 0 radical (unpaired) electrons. The molecule has 4 heteroatoms. The van der Waals surface area contributed by atoms with Crippen LogP contribution < -0.4 is 10.5 Å². The quantitative estimate of drug-likeness (QED) is 0.834. The third-order valence-electron chi connectivity index (χ3n) is 3.64. The van der Waals surface area contributed by atoms with Crippen molar-refractivity contribution in [3.63, 3.8) is 0 Å². The maximum absolute atomic E-state index is 12.4. The highest BCUT2D eigenvalue weighted by molar-refractivity contribution is 5.99. The molecule has 1 heterocycles. The summed E-state index contributed by atoms with van der Waals surface area (Å²) < 4.78 is 5.14. The van der Waals surface area contributed by atoms with Crippen molar-refractivity contribution in [1.29, 1.82) is 0 Å². The minimum absolute atomic E-state index is 0.0161. The van der Waals surface area contributed by atoms with E-state index in [1.165, 1.54) is 0 Å². The SMILES string of the molecule is CCC1CCN(C(=O)c2cc(OC)ccc2N)C1. The second-order valence-corrected chi connectivity index (χ2v) is 4.77. The van der Waals surface area contributed by atoms with Crippen molar-refractivity contribution in [2.24, 2.45) is 5.92 Å². The first-order valence-electron chi connectivity index (χ1n) is 6.38. The van der Waals surface area contributed by atoms with Gasteiger partial charge in [0, 0.05) is 18.8 Å². The van der Waals surface area contributed by atoms with E-state index >= 15 is 0 Å². The number of anilines is 1. The molecular weight excluding hydrogens is 228 g/mol. The summed E-state index contributed by atoms with van der Waals surface area (Å²) in [7, 11) is 1.59. The Morgan fingerprint density at radius 3 is 2.94 bits per heavy atom. The van der Waals surface area contributed by atoms with Crippen molar-refractivity contribution in [2.75, 3.05) is 25.9 Å². The van der Waals surface area contributed by atoms with Crippen LogP contribution in [0.5, 0.6) is 5.75 Å². The fourth-order valence-corrected chi connectivity index (χ4v) is 2.37. The number of nitrogens with zero attached hydrogens (tertiary/aromatic N) is 1. The van der Waals surface area contributed by atoms with Crippen LogP contribution in [0.1, 0.15) is 30.1 Å². The molecule has 1 amide bonds. The molecule has 1 aliphatic rings.